The second-order valence-electron chi connectivity index (χ2n) is 6.37. The Balaban J connectivity index is 2.12. The molecule has 8 heteroatoms. The van der Waals surface area contributed by atoms with Crippen LogP contribution in [0.25, 0.3) is 0 Å². The van der Waals surface area contributed by atoms with Gasteiger partial charge in [-0.15, -0.1) is 0 Å². The molecule has 0 aliphatic carbocycles. The van der Waals surface area contributed by atoms with Gasteiger partial charge in [-0.25, -0.2) is 4.39 Å². The molecular weight excluding hydrogens is 373 g/mol. The number of alkyl halides is 2. The Bertz CT molecular complexity index is 747. The molecule has 2 aromatic rings. The van der Waals surface area contributed by atoms with Crippen LogP contribution < -0.4 is 19.5 Å². The van der Waals surface area contributed by atoms with E-state index in [0.717, 1.165) is 11.1 Å². The lowest BCUT2D eigenvalue weighted by Crippen LogP contribution is -2.30. The number of benzene rings is 2. The van der Waals surface area contributed by atoms with E-state index >= 15 is 0 Å². The van der Waals surface area contributed by atoms with Gasteiger partial charge in [-0.3, -0.25) is 0 Å². The van der Waals surface area contributed by atoms with Crippen LogP contribution >= 0.6 is 0 Å². The smallest absolute Gasteiger partial charge is 0.387 e. The summed E-state index contributed by atoms with van der Waals surface area (Å²) in [6.07, 6.45) is 0. The molecular formula is C20H25F3N2O3. The van der Waals surface area contributed by atoms with Crippen LogP contribution in [0.1, 0.15) is 17.2 Å². The molecule has 0 aliphatic heterocycles. The highest BCUT2D eigenvalue weighted by Crippen LogP contribution is 2.39. The highest BCUT2D eigenvalue weighted by molar-refractivity contribution is 5.53. The third-order valence-corrected chi connectivity index (χ3v) is 4.25. The lowest BCUT2D eigenvalue weighted by Gasteiger charge is -2.25. The molecule has 0 saturated heterocycles. The molecule has 0 radical (unpaired) electrons. The van der Waals surface area contributed by atoms with E-state index < -0.39 is 6.61 Å². The summed E-state index contributed by atoms with van der Waals surface area (Å²) in [5.74, 6) is -0.111. The first-order valence-electron chi connectivity index (χ1n) is 8.68. The number of hydrogen-bond donors (Lipinski definition) is 1. The highest BCUT2D eigenvalue weighted by Gasteiger charge is 2.19. The van der Waals surface area contributed by atoms with Crippen LogP contribution in [-0.4, -0.2) is 46.4 Å². The molecule has 5 nitrogen and oxygen atoms in total. The van der Waals surface area contributed by atoms with Gasteiger partial charge in [0.15, 0.2) is 11.5 Å². The van der Waals surface area contributed by atoms with Crippen molar-refractivity contribution in [2.24, 2.45) is 0 Å². The van der Waals surface area contributed by atoms with Gasteiger partial charge in [-0.1, -0.05) is 12.1 Å². The summed E-state index contributed by atoms with van der Waals surface area (Å²) in [6.45, 7) is -2.00. The number of ether oxygens (including phenoxy) is 3. The van der Waals surface area contributed by atoms with E-state index in [2.05, 4.69) is 10.1 Å². The maximum Gasteiger partial charge on any atom is 0.387 e. The van der Waals surface area contributed by atoms with Gasteiger partial charge in [-0.2, -0.15) is 8.78 Å². The summed E-state index contributed by atoms with van der Waals surface area (Å²) >= 11 is 0. The standard InChI is InChI=1S/C20H25F3N2O3/c1-25(2)16(14-6-5-7-15(21)10-14)12-24-11-13-8-17(26-3)19(28-20(22)23)18(9-13)27-4/h5-10,16,20,24H,11-12H2,1-4H3/t16-/m1/s1. The van der Waals surface area contributed by atoms with Gasteiger partial charge in [0.05, 0.1) is 14.2 Å². The van der Waals surface area contributed by atoms with Gasteiger partial charge in [0.1, 0.15) is 5.82 Å². The molecule has 1 N–H and O–H groups in total. The van der Waals surface area contributed by atoms with Crippen molar-refractivity contribution in [3.8, 4) is 17.2 Å². The monoisotopic (exact) mass is 398 g/mol. The SMILES string of the molecule is COc1cc(CNC[C@H](c2cccc(F)c2)N(C)C)cc(OC)c1OC(F)F. The summed E-state index contributed by atoms with van der Waals surface area (Å²) in [4.78, 5) is 1.99. The molecule has 2 aromatic carbocycles. The maximum absolute atomic E-state index is 13.5. The lowest BCUT2D eigenvalue weighted by atomic mass is 10.1. The third kappa shape index (κ3) is 5.77. The van der Waals surface area contributed by atoms with Crippen molar-refractivity contribution >= 4 is 0 Å². The van der Waals surface area contributed by atoms with Gasteiger partial charge in [0.25, 0.3) is 0 Å². The van der Waals surface area contributed by atoms with E-state index in [-0.39, 0.29) is 29.1 Å². The van der Waals surface area contributed by atoms with Gasteiger partial charge in [0.2, 0.25) is 5.75 Å². The van der Waals surface area contributed by atoms with Crippen LogP contribution in [0.4, 0.5) is 13.2 Å². The van der Waals surface area contributed by atoms with E-state index in [0.29, 0.717) is 13.1 Å². The molecule has 0 aromatic heterocycles. The summed E-state index contributed by atoms with van der Waals surface area (Å²) in [5, 5.41) is 3.30. The first kappa shape index (κ1) is 21.8. The van der Waals surface area contributed by atoms with Crippen molar-refractivity contribution < 1.29 is 27.4 Å². The molecule has 1 atom stereocenters. The Kier molecular flexibility index (Phi) is 7.95. The predicted molar refractivity (Wildman–Crippen MR) is 101 cm³/mol. The summed E-state index contributed by atoms with van der Waals surface area (Å²) in [7, 11) is 6.58. The van der Waals surface area contributed by atoms with E-state index in [1.54, 1.807) is 18.2 Å². The fourth-order valence-corrected chi connectivity index (χ4v) is 2.91. The first-order chi connectivity index (χ1) is 13.3. The first-order valence-corrected chi connectivity index (χ1v) is 8.68. The number of nitrogens with one attached hydrogen (secondary N) is 1. The van der Waals surface area contributed by atoms with Crippen molar-refractivity contribution in [3.63, 3.8) is 0 Å². The maximum atomic E-state index is 13.5. The quantitative estimate of drug-likeness (QED) is 0.659. The number of likely N-dealkylation sites (N-methyl/N-ethyl adjacent to an activating group) is 1. The van der Waals surface area contributed by atoms with E-state index in [9.17, 15) is 13.2 Å². The highest BCUT2D eigenvalue weighted by atomic mass is 19.3. The van der Waals surface area contributed by atoms with Crippen LogP contribution in [0.2, 0.25) is 0 Å². The Morgan fingerprint density at radius 3 is 2.18 bits per heavy atom. The number of rotatable bonds is 10. The molecule has 2 rings (SSSR count). The van der Waals surface area contributed by atoms with Gasteiger partial charge >= 0.3 is 6.61 Å². The van der Waals surface area contributed by atoms with Crippen LogP contribution in [-0.2, 0) is 6.54 Å². The molecule has 154 valence electrons. The van der Waals surface area contributed by atoms with Gasteiger partial charge < -0.3 is 24.4 Å². The van der Waals surface area contributed by atoms with E-state index in [1.165, 1.54) is 26.4 Å². The van der Waals surface area contributed by atoms with Gasteiger partial charge in [-0.05, 0) is 49.5 Å². The summed E-state index contributed by atoms with van der Waals surface area (Å²) < 4.78 is 53.6. The van der Waals surface area contributed by atoms with Crippen LogP contribution in [0.5, 0.6) is 17.2 Å². The molecule has 0 unspecified atom stereocenters. The second kappa shape index (κ2) is 10.2. The zero-order valence-electron chi connectivity index (χ0n) is 16.3. The van der Waals surface area contributed by atoms with Crippen molar-refractivity contribution in [2.75, 3.05) is 34.9 Å². The number of hydrogen-bond acceptors (Lipinski definition) is 5. The lowest BCUT2D eigenvalue weighted by molar-refractivity contribution is -0.0526. The molecule has 0 bridgehead atoms. The Morgan fingerprint density at radius 2 is 1.68 bits per heavy atom. The number of halogens is 3. The Morgan fingerprint density at radius 1 is 1.04 bits per heavy atom. The van der Waals surface area contributed by atoms with Gasteiger partial charge in [0, 0.05) is 19.1 Å². The molecule has 0 saturated carbocycles. The normalized spacial score (nSPS) is 12.3. The zero-order chi connectivity index (χ0) is 20.7. The number of methoxy groups -OCH3 is 2. The fourth-order valence-electron chi connectivity index (χ4n) is 2.91. The number of nitrogens with zero attached hydrogens (tertiary/aromatic N) is 1. The van der Waals surface area contributed by atoms with E-state index in [4.69, 9.17) is 9.47 Å². The van der Waals surface area contributed by atoms with Crippen LogP contribution in [0, 0.1) is 5.82 Å². The Hall–Kier alpha value is -2.45. The summed E-state index contributed by atoms with van der Waals surface area (Å²) in [6, 6.07) is 9.65. The average Bonchev–Trinajstić information content (AvgIpc) is 2.65. The largest absolute Gasteiger partial charge is 0.493 e. The fraction of sp³-hybridized carbons (Fsp3) is 0.400. The van der Waals surface area contributed by atoms with Crippen molar-refractivity contribution in [1.82, 2.24) is 10.2 Å². The molecule has 0 heterocycles. The molecule has 0 aliphatic rings. The van der Waals surface area contributed by atoms with Crippen molar-refractivity contribution in [2.45, 2.75) is 19.2 Å². The topological polar surface area (TPSA) is 43.0 Å². The second-order valence-corrected chi connectivity index (χ2v) is 6.37. The Labute approximate surface area is 163 Å². The minimum absolute atomic E-state index is 0.0408. The third-order valence-electron chi connectivity index (χ3n) is 4.25. The minimum Gasteiger partial charge on any atom is -0.493 e. The predicted octanol–water partition coefficient (Wildman–Crippen LogP) is 3.84. The van der Waals surface area contributed by atoms with Crippen LogP contribution in [0.15, 0.2) is 36.4 Å². The molecule has 28 heavy (non-hydrogen) atoms. The molecule has 0 fully saturated rings. The minimum atomic E-state index is -2.99. The summed E-state index contributed by atoms with van der Waals surface area (Å²) in [5.41, 5.74) is 1.63. The molecule has 0 amide bonds. The molecule has 0 spiro atoms. The van der Waals surface area contributed by atoms with Crippen molar-refractivity contribution in [3.05, 3.63) is 53.3 Å². The van der Waals surface area contributed by atoms with E-state index in [1.807, 2.05) is 25.1 Å². The van der Waals surface area contributed by atoms with Crippen LogP contribution in [0.3, 0.4) is 0 Å². The zero-order valence-corrected chi connectivity index (χ0v) is 16.3. The van der Waals surface area contributed by atoms with Crippen molar-refractivity contribution in [1.29, 1.82) is 0 Å². The average molecular weight is 398 g/mol.